The van der Waals surface area contributed by atoms with Crippen LogP contribution in [0.2, 0.25) is 0 Å². The van der Waals surface area contributed by atoms with E-state index in [2.05, 4.69) is 0 Å². The third-order valence-electron chi connectivity index (χ3n) is 3.45. The Morgan fingerprint density at radius 1 is 1.25 bits per heavy atom. The summed E-state index contributed by atoms with van der Waals surface area (Å²) in [5, 5.41) is 0. The number of hydrogen-bond donors (Lipinski definition) is 0. The fraction of sp³-hybridized carbons (Fsp3) is 0.500. The Balaban J connectivity index is 2.14. The SMILES string of the molecule is CO[C@@H]1CCC[C@H]1OC(=O)c1cccc(S(C)(=O)=O)c1. The van der Waals surface area contributed by atoms with E-state index in [1.165, 1.54) is 18.2 Å². The van der Waals surface area contributed by atoms with Crippen molar-refractivity contribution < 1.29 is 22.7 Å². The van der Waals surface area contributed by atoms with E-state index in [0.29, 0.717) is 0 Å². The summed E-state index contributed by atoms with van der Waals surface area (Å²) in [5.41, 5.74) is 0.245. The number of methoxy groups -OCH3 is 1. The summed E-state index contributed by atoms with van der Waals surface area (Å²) in [7, 11) is -1.74. The second-order valence-corrected chi connectivity index (χ2v) is 6.96. The van der Waals surface area contributed by atoms with Gasteiger partial charge in [-0.15, -0.1) is 0 Å². The second-order valence-electron chi connectivity index (χ2n) is 4.95. The van der Waals surface area contributed by atoms with Crippen molar-refractivity contribution in [1.29, 1.82) is 0 Å². The van der Waals surface area contributed by atoms with E-state index in [0.717, 1.165) is 25.5 Å². The van der Waals surface area contributed by atoms with E-state index in [4.69, 9.17) is 9.47 Å². The van der Waals surface area contributed by atoms with Crippen LogP contribution in [0.5, 0.6) is 0 Å². The van der Waals surface area contributed by atoms with Crippen LogP contribution in [0.3, 0.4) is 0 Å². The highest BCUT2D eigenvalue weighted by atomic mass is 32.2. The third kappa shape index (κ3) is 3.37. The number of esters is 1. The Bertz CT molecular complexity index is 593. The number of hydrogen-bond acceptors (Lipinski definition) is 5. The van der Waals surface area contributed by atoms with E-state index in [-0.39, 0.29) is 22.7 Å². The van der Waals surface area contributed by atoms with Gasteiger partial charge >= 0.3 is 5.97 Å². The van der Waals surface area contributed by atoms with E-state index < -0.39 is 15.8 Å². The van der Waals surface area contributed by atoms with Crippen LogP contribution in [0.1, 0.15) is 29.6 Å². The van der Waals surface area contributed by atoms with Crippen LogP contribution in [-0.4, -0.2) is 40.0 Å². The molecule has 2 atom stereocenters. The van der Waals surface area contributed by atoms with Crippen molar-refractivity contribution >= 4 is 15.8 Å². The molecular formula is C14H18O5S. The van der Waals surface area contributed by atoms with Gasteiger partial charge < -0.3 is 9.47 Å². The summed E-state index contributed by atoms with van der Waals surface area (Å²) >= 11 is 0. The number of carbonyl (C=O) groups is 1. The molecule has 110 valence electrons. The summed E-state index contributed by atoms with van der Waals surface area (Å²) in [6.45, 7) is 0. The van der Waals surface area contributed by atoms with Gasteiger partial charge in [-0.25, -0.2) is 13.2 Å². The van der Waals surface area contributed by atoms with Crippen LogP contribution in [0.15, 0.2) is 29.2 Å². The first-order chi connectivity index (χ1) is 9.41. The Hall–Kier alpha value is -1.40. The molecule has 0 saturated heterocycles. The zero-order valence-corrected chi connectivity index (χ0v) is 12.4. The summed E-state index contributed by atoms with van der Waals surface area (Å²) in [6.07, 6.45) is 3.38. The molecule has 0 aliphatic heterocycles. The highest BCUT2D eigenvalue weighted by Crippen LogP contribution is 2.25. The molecule has 2 rings (SSSR count). The molecule has 1 aliphatic rings. The van der Waals surface area contributed by atoms with Crippen LogP contribution in [0, 0.1) is 0 Å². The van der Waals surface area contributed by atoms with Gasteiger partial charge in [-0.1, -0.05) is 6.07 Å². The molecule has 0 unspecified atom stereocenters. The van der Waals surface area contributed by atoms with Gasteiger partial charge in [-0.05, 0) is 37.5 Å². The van der Waals surface area contributed by atoms with Gasteiger partial charge in [0.05, 0.1) is 16.6 Å². The molecule has 0 aromatic heterocycles. The lowest BCUT2D eigenvalue weighted by Crippen LogP contribution is -2.27. The van der Waals surface area contributed by atoms with Crippen molar-refractivity contribution in [1.82, 2.24) is 0 Å². The highest BCUT2D eigenvalue weighted by Gasteiger charge is 2.30. The molecule has 5 nitrogen and oxygen atoms in total. The quantitative estimate of drug-likeness (QED) is 0.793. The predicted molar refractivity (Wildman–Crippen MR) is 73.4 cm³/mol. The van der Waals surface area contributed by atoms with Crippen LogP contribution >= 0.6 is 0 Å². The first kappa shape index (κ1) is 15.0. The minimum atomic E-state index is -3.33. The van der Waals surface area contributed by atoms with Gasteiger partial charge in [0.25, 0.3) is 0 Å². The minimum Gasteiger partial charge on any atom is -0.456 e. The number of sulfone groups is 1. The molecule has 6 heteroatoms. The average Bonchev–Trinajstić information content (AvgIpc) is 2.85. The lowest BCUT2D eigenvalue weighted by molar-refractivity contribution is -0.0206. The van der Waals surface area contributed by atoms with Gasteiger partial charge in [-0.3, -0.25) is 0 Å². The second kappa shape index (κ2) is 5.93. The molecule has 0 N–H and O–H groups in total. The van der Waals surface area contributed by atoms with Crippen LogP contribution in [-0.2, 0) is 19.3 Å². The molecule has 0 heterocycles. The van der Waals surface area contributed by atoms with Crippen LogP contribution in [0.4, 0.5) is 0 Å². The molecule has 1 fully saturated rings. The van der Waals surface area contributed by atoms with E-state index in [1.54, 1.807) is 13.2 Å². The van der Waals surface area contributed by atoms with Crippen molar-refractivity contribution in [2.24, 2.45) is 0 Å². The highest BCUT2D eigenvalue weighted by molar-refractivity contribution is 7.90. The lowest BCUT2D eigenvalue weighted by atomic mass is 10.2. The first-order valence-electron chi connectivity index (χ1n) is 6.45. The van der Waals surface area contributed by atoms with Crippen molar-refractivity contribution in [3.63, 3.8) is 0 Å². The van der Waals surface area contributed by atoms with Gasteiger partial charge in [0.15, 0.2) is 9.84 Å². The molecular weight excluding hydrogens is 280 g/mol. The zero-order chi connectivity index (χ0) is 14.8. The predicted octanol–water partition coefficient (Wildman–Crippen LogP) is 1.81. The maximum Gasteiger partial charge on any atom is 0.338 e. The maximum absolute atomic E-state index is 12.1. The van der Waals surface area contributed by atoms with Crippen LogP contribution in [0.25, 0.3) is 0 Å². The molecule has 0 radical (unpaired) electrons. The zero-order valence-electron chi connectivity index (χ0n) is 11.5. The Kier molecular flexibility index (Phi) is 4.45. The van der Waals surface area contributed by atoms with E-state index >= 15 is 0 Å². The smallest absolute Gasteiger partial charge is 0.338 e. The molecule has 20 heavy (non-hydrogen) atoms. The summed E-state index contributed by atoms with van der Waals surface area (Å²) in [5.74, 6) is -0.510. The fourth-order valence-electron chi connectivity index (χ4n) is 2.36. The standard InChI is InChI=1S/C14H18O5S/c1-18-12-7-4-8-13(12)19-14(15)10-5-3-6-11(9-10)20(2,16)17/h3,5-6,9,12-13H,4,7-8H2,1-2H3/t12-,13-/m1/s1. The molecule has 1 aromatic rings. The van der Waals surface area contributed by atoms with Gasteiger partial charge in [-0.2, -0.15) is 0 Å². The third-order valence-corrected chi connectivity index (χ3v) is 4.56. The van der Waals surface area contributed by atoms with Crippen molar-refractivity contribution in [2.45, 2.75) is 36.4 Å². The minimum absolute atomic E-state index is 0.0722. The largest absolute Gasteiger partial charge is 0.456 e. The van der Waals surface area contributed by atoms with E-state index in [9.17, 15) is 13.2 Å². The Morgan fingerprint density at radius 2 is 1.95 bits per heavy atom. The Labute approximate surface area is 118 Å². The van der Waals surface area contributed by atoms with Crippen molar-refractivity contribution in [3.05, 3.63) is 29.8 Å². The maximum atomic E-state index is 12.1. The van der Waals surface area contributed by atoms with Crippen LogP contribution < -0.4 is 0 Å². The Morgan fingerprint density at radius 3 is 2.60 bits per heavy atom. The molecule has 1 aromatic carbocycles. The van der Waals surface area contributed by atoms with Gasteiger partial charge in [0.2, 0.25) is 0 Å². The first-order valence-corrected chi connectivity index (χ1v) is 8.35. The molecule has 0 amide bonds. The van der Waals surface area contributed by atoms with Gasteiger partial charge in [0.1, 0.15) is 6.10 Å². The number of rotatable bonds is 4. The number of carbonyl (C=O) groups excluding carboxylic acids is 1. The summed E-state index contributed by atoms with van der Waals surface area (Å²) in [6, 6.07) is 5.89. The molecule has 1 saturated carbocycles. The summed E-state index contributed by atoms with van der Waals surface area (Å²) in [4.78, 5) is 12.2. The van der Waals surface area contributed by atoms with Crippen molar-refractivity contribution in [3.8, 4) is 0 Å². The normalized spacial score (nSPS) is 22.7. The van der Waals surface area contributed by atoms with Gasteiger partial charge in [0, 0.05) is 13.4 Å². The topological polar surface area (TPSA) is 69.7 Å². The lowest BCUT2D eigenvalue weighted by Gasteiger charge is -2.18. The molecule has 1 aliphatic carbocycles. The van der Waals surface area contributed by atoms with E-state index in [1.807, 2.05) is 0 Å². The average molecular weight is 298 g/mol. The summed E-state index contributed by atoms with van der Waals surface area (Å²) < 4.78 is 33.6. The van der Waals surface area contributed by atoms with Crippen molar-refractivity contribution in [2.75, 3.05) is 13.4 Å². The number of ether oxygens (including phenoxy) is 2. The monoisotopic (exact) mass is 298 g/mol. The fourth-order valence-corrected chi connectivity index (χ4v) is 3.02. The molecule has 0 spiro atoms. The number of benzene rings is 1. The molecule has 0 bridgehead atoms.